The van der Waals surface area contributed by atoms with Crippen LogP contribution >= 0.6 is 0 Å². The molecule has 1 aliphatic rings. The summed E-state index contributed by atoms with van der Waals surface area (Å²) in [7, 11) is 0. The van der Waals surface area contributed by atoms with Crippen LogP contribution in [0, 0.1) is 0 Å². The predicted octanol–water partition coefficient (Wildman–Crippen LogP) is 1.40. The number of piperazine rings is 1. The van der Waals surface area contributed by atoms with Crippen LogP contribution < -0.4 is 4.74 Å². The third-order valence-corrected chi connectivity index (χ3v) is 4.29. The van der Waals surface area contributed by atoms with E-state index < -0.39 is 0 Å². The first kappa shape index (κ1) is 17.8. The lowest BCUT2D eigenvalue weighted by Crippen LogP contribution is -2.51. The topological polar surface area (TPSA) is 75.6 Å². The molecule has 1 aliphatic heterocycles. The Hall–Kier alpha value is -2.96. The highest BCUT2D eigenvalue weighted by atomic mass is 16.5. The third kappa shape index (κ3) is 4.36. The van der Waals surface area contributed by atoms with E-state index >= 15 is 0 Å². The van der Waals surface area contributed by atoms with Gasteiger partial charge in [0, 0.05) is 45.0 Å². The molecule has 0 atom stereocenters. The molecular formula is C19H22N4O3. The van der Waals surface area contributed by atoms with Crippen molar-refractivity contribution in [2.45, 2.75) is 13.3 Å². The molecule has 3 rings (SSSR count). The zero-order valence-corrected chi connectivity index (χ0v) is 14.8. The van der Waals surface area contributed by atoms with E-state index in [1.165, 1.54) is 0 Å². The molecule has 7 heteroatoms. The van der Waals surface area contributed by atoms with Crippen molar-refractivity contribution in [3.05, 3.63) is 54.1 Å². The summed E-state index contributed by atoms with van der Waals surface area (Å²) in [6.45, 7) is 3.95. The van der Waals surface area contributed by atoms with Crippen molar-refractivity contribution in [2.75, 3.05) is 32.8 Å². The van der Waals surface area contributed by atoms with Gasteiger partial charge < -0.3 is 14.5 Å². The van der Waals surface area contributed by atoms with Crippen molar-refractivity contribution in [3.8, 4) is 5.75 Å². The van der Waals surface area contributed by atoms with Crippen molar-refractivity contribution in [1.29, 1.82) is 0 Å². The highest BCUT2D eigenvalue weighted by molar-refractivity contribution is 5.93. The van der Waals surface area contributed by atoms with E-state index in [9.17, 15) is 9.59 Å². The fourth-order valence-corrected chi connectivity index (χ4v) is 2.74. The fraction of sp³-hybridized carbons (Fsp3) is 0.368. The largest absolute Gasteiger partial charge is 0.484 e. The molecule has 7 nitrogen and oxygen atoms in total. The number of rotatable bonds is 5. The zero-order chi connectivity index (χ0) is 18.4. The summed E-state index contributed by atoms with van der Waals surface area (Å²) in [6, 6.07) is 9.25. The van der Waals surface area contributed by atoms with Gasteiger partial charge in [0.05, 0.1) is 5.56 Å². The Morgan fingerprint density at radius 3 is 2.23 bits per heavy atom. The van der Waals surface area contributed by atoms with Gasteiger partial charge in [-0.3, -0.25) is 9.59 Å². The van der Waals surface area contributed by atoms with E-state index in [2.05, 4.69) is 9.97 Å². The molecule has 26 heavy (non-hydrogen) atoms. The number of ether oxygens (including phenoxy) is 1. The highest BCUT2D eigenvalue weighted by Crippen LogP contribution is 2.11. The average molecular weight is 354 g/mol. The summed E-state index contributed by atoms with van der Waals surface area (Å²) >= 11 is 0. The van der Waals surface area contributed by atoms with E-state index in [1.807, 2.05) is 37.3 Å². The van der Waals surface area contributed by atoms with Crippen LogP contribution in [0.4, 0.5) is 0 Å². The van der Waals surface area contributed by atoms with Gasteiger partial charge in [-0.1, -0.05) is 25.1 Å². The van der Waals surface area contributed by atoms with E-state index in [4.69, 9.17) is 4.74 Å². The second-order valence-electron chi connectivity index (χ2n) is 6.02. The molecule has 2 heterocycles. The zero-order valence-electron chi connectivity index (χ0n) is 14.8. The smallest absolute Gasteiger partial charge is 0.260 e. The third-order valence-electron chi connectivity index (χ3n) is 4.29. The van der Waals surface area contributed by atoms with Gasteiger partial charge in [0.15, 0.2) is 6.61 Å². The molecule has 0 bridgehead atoms. The molecule has 1 fully saturated rings. The molecule has 2 aromatic rings. The molecular weight excluding hydrogens is 332 g/mol. The Balaban J connectivity index is 1.48. The van der Waals surface area contributed by atoms with Crippen molar-refractivity contribution < 1.29 is 14.3 Å². The summed E-state index contributed by atoms with van der Waals surface area (Å²) in [5, 5.41) is 0. The molecule has 0 unspecified atom stereocenters. The van der Waals surface area contributed by atoms with Crippen molar-refractivity contribution in [1.82, 2.24) is 19.8 Å². The van der Waals surface area contributed by atoms with Crippen LogP contribution in [-0.2, 0) is 11.2 Å². The minimum absolute atomic E-state index is 0.00425. The van der Waals surface area contributed by atoms with E-state index in [0.29, 0.717) is 37.5 Å². The lowest BCUT2D eigenvalue weighted by atomic mass is 10.2. The minimum atomic E-state index is -0.0970. The van der Waals surface area contributed by atoms with Crippen LogP contribution in [0.2, 0.25) is 0 Å². The normalized spacial score (nSPS) is 14.2. The van der Waals surface area contributed by atoms with Gasteiger partial charge in [-0.25, -0.2) is 9.97 Å². The summed E-state index contributed by atoms with van der Waals surface area (Å²) in [4.78, 5) is 36.6. The van der Waals surface area contributed by atoms with Crippen LogP contribution in [0.5, 0.6) is 5.75 Å². The number of aromatic nitrogens is 2. The molecule has 1 aromatic carbocycles. The van der Waals surface area contributed by atoms with Gasteiger partial charge in [0.25, 0.3) is 11.8 Å². The second-order valence-corrected chi connectivity index (χ2v) is 6.02. The number of para-hydroxylation sites is 1. The van der Waals surface area contributed by atoms with Gasteiger partial charge in [-0.05, 0) is 12.1 Å². The first-order chi connectivity index (χ1) is 12.7. The number of hydrogen-bond donors (Lipinski definition) is 0. The average Bonchev–Trinajstić information content (AvgIpc) is 2.72. The number of benzene rings is 1. The van der Waals surface area contributed by atoms with Gasteiger partial charge in [0.2, 0.25) is 0 Å². The molecule has 0 spiro atoms. The SMILES string of the molecule is CCc1ncc(C(=O)N2CCN(C(=O)COc3ccccc3)CC2)cn1. The van der Waals surface area contributed by atoms with Crippen LogP contribution in [-0.4, -0.2) is 64.4 Å². The van der Waals surface area contributed by atoms with Crippen LogP contribution in [0.3, 0.4) is 0 Å². The Bertz CT molecular complexity index is 741. The number of carbonyl (C=O) groups excluding carboxylic acids is 2. The summed E-state index contributed by atoms with van der Waals surface area (Å²) in [5.74, 6) is 1.22. The molecule has 0 radical (unpaired) electrons. The number of aryl methyl sites for hydroxylation is 1. The number of carbonyl (C=O) groups is 2. The maximum Gasteiger partial charge on any atom is 0.260 e. The molecule has 0 aliphatic carbocycles. The van der Waals surface area contributed by atoms with E-state index in [0.717, 1.165) is 12.2 Å². The van der Waals surface area contributed by atoms with E-state index in [1.54, 1.807) is 22.2 Å². The molecule has 1 saturated heterocycles. The standard InChI is InChI=1S/C19H22N4O3/c1-2-17-20-12-15(13-21-17)19(25)23-10-8-22(9-11-23)18(24)14-26-16-6-4-3-5-7-16/h3-7,12-13H,2,8-11,14H2,1H3. The number of amides is 2. The Labute approximate surface area is 152 Å². The maximum atomic E-state index is 12.5. The van der Waals surface area contributed by atoms with Gasteiger partial charge in [-0.2, -0.15) is 0 Å². The van der Waals surface area contributed by atoms with Crippen molar-refractivity contribution in [2.24, 2.45) is 0 Å². The first-order valence-electron chi connectivity index (χ1n) is 8.73. The van der Waals surface area contributed by atoms with Gasteiger partial charge >= 0.3 is 0 Å². The van der Waals surface area contributed by atoms with Gasteiger partial charge in [-0.15, -0.1) is 0 Å². The molecule has 136 valence electrons. The summed E-state index contributed by atoms with van der Waals surface area (Å²) in [6.07, 6.45) is 3.87. The van der Waals surface area contributed by atoms with Crippen molar-refractivity contribution in [3.63, 3.8) is 0 Å². The summed E-state index contributed by atoms with van der Waals surface area (Å²) < 4.78 is 5.50. The lowest BCUT2D eigenvalue weighted by Gasteiger charge is -2.34. The molecule has 1 aromatic heterocycles. The van der Waals surface area contributed by atoms with Crippen molar-refractivity contribution >= 4 is 11.8 Å². The van der Waals surface area contributed by atoms with Crippen LogP contribution in [0.25, 0.3) is 0 Å². The van der Waals surface area contributed by atoms with Crippen LogP contribution in [0.15, 0.2) is 42.7 Å². The summed E-state index contributed by atoms with van der Waals surface area (Å²) in [5.41, 5.74) is 0.481. The van der Waals surface area contributed by atoms with Crippen LogP contribution in [0.1, 0.15) is 23.1 Å². The minimum Gasteiger partial charge on any atom is -0.484 e. The highest BCUT2D eigenvalue weighted by Gasteiger charge is 2.25. The maximum absolute atomic E-state index is 12.5. The fourth-order valence-electron chi connectivity index (χ4n) is 2.74. The lowest BCUT2D eigenvalue weighted by molar-refractivity contribution is -0.134. The Morgan fingerprint density at radius 2 is 1.62 bits per heavy atom. The molecule has 2 amide bonds. The van der Waals surface area contributed by atoms with Gasteiger partial charge in [0.1, 0.15) is 11.6 Å². The first-order valence-corrected chi connectivity index (χ1v) is 8.73. The number of nitrogens with zero attached hydrogens (tertiary/aromatic N) is 4. The second kappa shape index (κ2) is 8.42. The molecule has 0 saturated carbocycles. The number of hydrogen-bond acceptors (Lipinski definition) is 5. The Morgan fingerprint density at radius 1 is 1.00 bits per heavy atom. The monoisotopic (exact) mass is 354 g/mol. The predicted molar refractivity (Wildman–Crippen MR) is 95.8 cm³/mol. The molecule has 0 N–H and O–H groups in total. The quantitative estimate of drug-likeness (QED) is 0.811. The van der Waals surface area contributed by atoms with E-state index in [-0.39, 0.29) is 18.4 Å². The Kier molecular flexibility index (Phi) is 5.78.